The maximum Gasteiger partial charge on any atom is 0.391 e. The molecule has 6 heteroatoms. The Morgan fingerprint density at radius 3 is 0.933 bits per heavy atom. The second-order valence-corrected chi connectivity index (χ2v) is 8.87. The van der Waals surface area contributed by atoms with Gasteiger partial charge in [-0.15, -0.1) is 0 Å². The molecule has 0 N–H and O–H groups in total. The van der Waals surface area contributed by atoms with Crippen molar-refractivity contribution in [1.82, 2.24) is 0 Å². The quantitative estimate of drug-likeness (QED) is 0.137. The van der Waals surface area contributed by atoms with Gasteiger partial charge in [-0.3, -0.25) is 0 Å². The van der Waals surface area contributed by atoms with E-state index in [1.54, 1.807) is 0 Å². The van der Waals surface area contributed by atoms with Crippen LogP contribution in [0.4, 0.5) is 26.3 Å². The lowest BCUT2D eigenvalue weighted by Gasteiger charge is -2.25. The van der Waals surface area contributed by atoms with E-state index in [9.17, 15) is 26.3 Å². The van der Waals surface area contributed by atoms with Crippen LogP contribution in [0.15, 0.2) is 0 Å². The van der Waals surface area contributed by atoms with E-state index in [0.29, 0.717) is 12.8 Å². The van der Waals surface area contributed by atoms with Gasteiger partial charge in [-0.25, -0.2) is 0 Å². The van der Waals surface area contributed by atoms with Crippen LogP contribution in [0.2, 0.25) is 0 Å². The van der Waals surface area contributed by atoms with E-state index in [1.165, 1.54) is 0 Å². The zero-order valence-electron chi connectivity index (χ0n) is 19.2. The average molecular weight is 447 g/mol. The van der Waals surface area contributed by atoms with E-state index < -0.39 is 37.0 Å². The Morgan fingerprint density at radius 2 is 0.667 bits per heavy atom. The minimum absolute atomic E-state index is 0.0424. The summed E-state index contributed by atoms with van der Waals surface area (Å²) in [7, 11) is 0. The van der Waals surface area contributed by atoms with Gasteiger partial charge in [0.15, 0.2) is 0 Å². The van der Waals surface area contributed by atoms with Gasteiger partial charge < -0.3 is 0 Å². The van der Waals surface area contributed by atoms with Crippen LogP contribution in [0.25, 0.3) is 0 Å². The molecule has 0 rings (SSSR count). The molecule has 0 nitrogen and oxygen atoms in total. The first kappa shape index (κ1) is 29.6. The smallest absolute Gasteiger partial charge is 0.171 e. The first-order valence-corrected chi connectivity index (χ1v) is 12.3. The van der Waals surface area contributed by atoms with E-state index in [2.05, 4.69) is 13.8 Å². The molecule has 0 spiro atoms. The van der Waals surface area contributed by atoms with E-state index in [1.807, 2.05) is 0 Å². The van der Waals surface area contributed by atoms with Crippen molar-refractivity contribution in [1.29, 1.82) is 0 Å². The summed E-state index contributed by atoms with van der Waals surface area (Å²) in [6.07, 6.45) is 3.27. The highest BCUT2D eigenvalue weighted by molar-refractivity contribution is 4.74. The molecule has 0 radical (unpaired) electrons. The maximum absolute atomic E-state index is 13.3. The van der Waals surface area contributed by atoms with E-state index in [-0.39, 0.29) is 12.8 Å². The number of unbranched alkanes of at least 4 members (excludes halogenated alkanes) is 12. The van der Waals surface area contributed by atoms with Crippen molar-refractivity contribution in [3.63, 3.8) is 0 Å². The molecule has 0 heterocycles. The third-order valence-corrected chi connectivity index (χ3v) is 6.10. The number of alkyl halides is 6. The molecule has 0 amide bonds. The fourth-order valence-corrected chi connectivity index (χ4v) is 4.04. The summed E-state index contributed by atoms with van der Waals surface area (Å²) >= 11 is 0. The number of rotatable bonds is 19. The molecule has 2 atom stereocenters. The minimum Gasteiger partial charge on any atom is -0.171 e. The molecule has 0 bridgehead atoms. The second-order valence-electron chi connectivity index (χ2n) is 8.87. The van der Waals surface area contributed by atoms with Crippen molar-refractivity contribution in [2.45, 2.75) is 142 Å². The van der Waals surface area contributed by atoms with Crippen LogP contribution in [-0.2, 0) is 0 Å². The first-order chi connectivity index (χ1) is 14.1. The Bertz CT molecular complexity index is 339. The van der Waals surface area contributed by atoms with Crippen molar-refractivity contribution < 1.29 is 26.3 Å². The van der Waals surface area contributed by atoms with Crippen LogP contribution in [0.3, 0.4) is 0 Å². The van der Waals surface area contributed by atoms with Crippen molar-refractivity contribution in [3.8, 4) is 0 Å². The Morgan fingerprint density at radius 1 is 0.400 bits per heavy atom. The Balaban J connectivity index is 4.34. The fraction of sp³-hybridized carbons (Fsp3) is 1.00. The van der Waals surface area contributed by atoms with Crippen molar-refractivity contribution in [3.05, 3.63) is 0 Å². The normalized spacial score (nSPS) is 14.8. The zero-order valence-corrected chi connectivity index (χ0v) is 19.2. The molecule has 0 aliphatic rings. The molecule has 0 aliphatic heterocycles. The standard InChI is InChI=1S/C24H44F6/c1-3-5-7-9-11-13-15-17-21(23(25,26)27)19-20-22(24(28,29)30)18-16-14-12-10-8-6-4-2/h21-22H,3-20H2,1-2H3. The van der Waals surface area contributed by atoms with Crippen molar-refractivity contribution >= 4 is 0 Å². The SMILES string of the molecule is CCCCCCCCCC(CCC(CCCCCCCCC)C(F)(F)F)C(F)(F)F. The van der Waals surface area contributed by atoms with Crippen molar-refractivity contribution in [2.75, 3.05) is 0 Å². The van der Waals surface area contributed by atoms with Gasteiger partial charge >= 0.3 is 12.4 Å². The molecule has 0 saturated carbocycles. The number of halogens is 6. The average Bonchev–Trinajstić information content (AvgIpc) is 2.65. The third-order valence-electron chi connectivity index (χ3n) is 6.10. The Labute approximate surface area is 180 Å². The van der Waals surface area contributed by atoms with Gasteiger partial charge in [-0.2, -0.15) is 26.3 Å². The Kier molecular flexibility index (Phi) is 16.9. The summed E-state index contributed by atoms with van der Waals surface area (Å²) in [6.45, 7) is 4.21. The second kappa shape index (κ2) is 17.2. The topological polar surface area (TPSA) is 0 Å². The van der Waals surface area contributed by atoms with Gasteiger partial charge in [-0.05, 0) is 25.7 Å². The van der Waals surface area contributed by atoms with Gasteiger partial charge in [0.05, 0.1) is 11.8 Å². The van der Waals surface area contributed by atoms with Crippen LogP contribution < -0.4 is 0 Å². The van der Waals surface area contributed by atoms with E-state index in [4.69, 9.17) is 0 Å². The molecular weight excluding hydrogens is 402 g/mol. The Hall–Kier alpha value is -0.420. The molecule has 0 saturated heterocycles. The number of hydrogen-bond acceptors (Lipinski definition) is 0. The molecule has 0 fully saturated rings. The minimum atomic E-state index is -4.41. The van der Waals surface area contributed by atoms with Crippen LogP contribution in [0.5, 0.6) is 0 Å². The molecule has 0 aromatic carbocycles. The summed E-state index contributed by atoms with van der Waals surface area (Å²) in [4.78, 5) is 0. The van der Waals surface area contributed by atoms with Gasteiger partial charge in [0.2, 0.25) is 0 Å². The predicted octanol–water partition coefficient (Wildman–Crippen LogP) is 10.4. The van der Waals surface area contributed by atoms with Gasteiger partial charge in [0.25, 0.3) is 0 Å². The number of hydrogen-bond donors (Lipinski definition) is 0. The van der Waals surface area contributed by atoms with Crippen LogP contribution in [-0.4, -0.2) is 12.4 Å². The van der Waals surface area contributed by atoms with Gasteiger partial charge in [0, 0.05) is 0 Å². The van der Waals surface area contributed by atoms with Gasteiger partial charge in [-0.1, -0.05) is 104 Å². The maximum atomic E-state index is 13.3. The summed E-state index contributed by atoms with van der Waals surface area (Å²) < 4.78 is 79.9. The molecular formula is C24H44F6. The summed E-state index contributed by atoms with van der Waals surface area (Å²) in [5.41, 5.74) is 0. The fourth-order valence-electron chi connectivity index (χ4n) is 4.04. The lowest BCUT2D eigenvalue weighted by atomic mass is 9.88. The molecule has 0 aromatic heterocycles. The lowest BCUT2D eigenvalue weighted by molar-refractivity contribution is -0.195. The van der Waals surface area contributed by atoms with E-state index in [0.717, 1.165) is 77.0 Å². The van der Waals surface area contributed by atoms with Crippen LogP contribution in [0, 0.1) is 11.8 Å². The highest BCUT2D eigenvalue weighted by atomic mass is 19.4. The molecule has 182 valence electrons. The molecule has 2 unspecified atom stereocenters. The monoisotopic (exact) mass is 446 g/mol. The predicted molar refractivity (Wildman–Crippen MR) is 114 cm³/mol. The highest BCUT2D eigenvalue weighted by Gasteiger charge is 2.43. The largest absolute Gasteiger partial charge is 0.391 e. The highest BCUT2D eigenvalue weighted by Crippen LogP contribution is 2.39. The molecule has 0 aliphatic carbocycles. The van der Waals surface area contributed by atoms with Crippen LogP contribution in [0.1, 0.15) is 129 Å². The third kappa shape index (κ3) is 16.3. The van der Waals surface area contributed by atoms with Crippen LogP contribution >= 0.6 is 0 Å². The summed E-state index contributed by atoms with van der Waals surface area (Å²) in [5, 5.41) is 0. The van der Waals surface area contributed by atoms with Crippen molar-refractivity contribution in [2.24, 2.45) is 11.8 Å². The lowest BCUT2D eigenvalue weighted by Crippen LogP contribution is -2.27. The van der Waals surface area contributed by atoms with E-state index >= 15 is 0 Å². The summed E-state index contributed by atoms with van der Waals surface area (Å²) in [5.74, 6) is -3.21. The summed E-state index contributed by atoms with van der Waals surface area (Å²) in [6, 6.07) is 0. The molecule has 30 heavy (non-hydrogen) atoms. The first-order valence-electron chi connectivity index (χ1n) is 12.3. The zero-order chi connectivity index (χ0) is 22.9. The van der Waals surface area contributed by atoms with Gasteiger partial charge in [0.1, 0.15) is 0 Å². The molecule has 0 aromatic rings.